The summed E-state index contributed by atoms with van der Waals surface area (Å²) in [5.74, 6) is -0.257. The second-order valence-electron chi connectivity index (χ2n) is 7.32. The van der Waals surface area contributed by atoms with E-state index in [0.29, 0.717) is 18.6 Å². The van der Waals surface area contributed by atoms with Crippen LogP contribution in [0.25, 0.3) is 0 Å². The molecule has 1 aliphatic rings. The fourth-order valence-electron chi connectivity index (χ4n) is 3.30. The van der Waals surface area contributed by atoms with E-state index in [4.69, 9.17) is 10.5 Å². The summed E-state index contributed by atoms with van der Waals surface area (Å²) in [7, 11) is -2.18. The first kappa shape index (κ1) is 20.8. The molecular formula is C18H29N3O4S. The number of rotatable bonds is 7. The van der Waals surface area contributed by atoms with Crippen molar-refractivity contribution in [3.05, 3.63) is 29.8 Å². The molecule has 4 N–H and O–H groups in total. The molecular weight excluding hydrogens is 354 g/mol. The fourth-order valence-corrected chi connectivity index (χ4v) is 4.08. The highest BCUT2D eigenvalue weighted by Gasteiger charge is 2.62. The molecule has 3 unspecified atom stereocenters. The average Bonchev–Trinajstić information content (AvgIpc) is 2.61. The third-order valence-electron chi connectivity index (χ3n) is 5.52. The number of carbonyl (C=O) groups is 1. The minimum absolute atomic E-state index is 0.0531. The van der Waals surface area contributed by atoms with Crippen LogP contribution in [-0.2, 0) is 19.6 Å². The number of nitrogens with one attached hydrogen (secondary N) is 2. The zero-order valence-electron chi connectivity index (χ0n) is 16.0. The van der Waals surface area contributed by atoms with Crippen LogP contribution >= 0.6 is 0 Å². The second-order valence-corrected chi connectivity index (χ2v) is 9.20. The summed E-state index contributed by atoms with van der Waals surface area (Å²) in [6.07, 6.45) is 0.406. The number of benzene rings is 1. The number of amides is 1. The molecule has 0 aromatic heterocycles. The molecule has 0 aliphatic heterocycles. The number of hydrogen-bond acceptors (Lipinski definition) is 5. The van der Waals surface area contributed by atoms with E-state index in [1.807, 2.05) is 20.8 Å². The van der Waals surface area contributed by atoms with E-state index >= 15 is 0 Å². The molecule has 0 radical (unpaired) electrons. The summed E-state index contributed by atoms with van der Waals surface area (Å²) in [4.78, 5) is 13.0. The molecule has 0 spiro atoms. The van der Waals surface area contributed by atoms with Crippen molar-refractivity contribution in [2.75, 3.05) is 13.7 Å². The van der Waals surface area contributed by atoms with Gasteiger partial charge >= 0.3 is 0 Å². The summed E-state index contributed by atoms with van der Waals surface area (Å²) in [6, 6.07) is 6.11. The van der Waals surface area contributed by atoms with Gasteiger partial charge in [-0.15, -0.1) is 0 Å². The zero-order valence-corrected chi connectivity index (χ0v) is 16.8. The van der Waals surface area contributed by atoms with Crippen molar-refractivity contribution in [3.8, 4) is 0 Å². The number of sulfonamides is 1. The molecule has 1 aliphatic carbocycles. The maximum Gasteiger partial charge on any atom is 0.241 e. The number of carbonyl (C=O) groups excluding carboxylic acids is 1. The molecule has 1 saturated carbocycles. The van der Waals surface area contributed by atoms with E-state index in [0.717, 1.165) is 0 Å². The van der Waals surface area contributed by atoms with E-state index in [2.05, 4.69) is 10.0 Å². The van der Waals surface area contributed by atoms with Gasteiger partial charge in [0, 0.05) is 18.4 Å². The topological polar surface area (TPSA) is 111 Å². The zero-order chi connectivity index (χ0) is 19.8. The predicted molar refractivity (Wildman–Crippen MR) is 100.0 cm³/mol. The Morgan fingerprint density at radius 3 is 2.62 bits per heavy atom. The van der Waals surface area contributed by atoms with Crippen LogP contribution in [0.4, 0.5) is 0 Å². The highest BCUT2D eigenvalue weighted by Crippen LogP contribution is 2.50. The van der Waals surface area contributed by atoms with Gasteiger partial charge in [0.1, 0.15) is 5.54 Å². The molecule has 0 bridgehead atoms. The van der Waals surface area contributed by atoms with Gasteiger partial charge in [0.2, 0.25) is 15.9 Å². The van der Waals surface area contributed by atoms with Crippen LogP contribution in [0.15, 0.2) is 29.2 Å². The van der Waals surface area contributed by atoms with Gasteiger partial charge in [-0.25, -0.2) is 13.1 Å². The quantitative estimate of drug-likeness (QED) is 0.657. The van der Waals surface area contributed by atoms with Gasteiger partial charge in [0.15, 0.2) is 0 Å². The lowest BCUT2D eigenvalue weighted by atomic mass is 9.54. The van der Waals surface area contributed by atoms with Crippen molar-refractivity contribution >= 4 is 15.9 Å². The van der Waals surface area contributed by atoms with E-state index in [1.54, 1.807) is 25.1 Å². The van der Waals surface area contributed by atoms with Crippen molar-refractivity contribution in [2.45, 2.75) is 56.7 Å². The molecule has 26 heavy (non-hydrogen) atoms. The highest BCUT2D eigenvalue weighted by atomic mass is 32.2. The molecule has 8 heteroatoms. The standard InChI is InChI=1S/C18H29N3O4S/c1-6-25-15-11-18(19,17(15,3)4)16(22)21-12(2)13-8-7-9-14(10-13)26(23,24)20-5/h7-10,12,15,20H,6,11,19H2,1-5H3,(H,21,22). The van der Waals surface area contributed by atoms with Crippen LogP contribution in [0.2, 0.25) is 0 Å². The number of ether oxygens (including phenoxy) is 1. The summed E-state index contributed by atoms with van der Waals surface area (Å²) in [5, 5.41) is 2.92. The van der Waals surface area contributed by atoms with Crippen LogP contribution in [0.5, 0.6) is 0 Å². The Labute approximate surface area is 155 Å². The minimum atomic E-state index is -3.54. The van der Waals surface area contributed by atoms with Gasteiger partial charge in [-0.05, 0) is 38.6 Å². The van der Waals surface area contributed by atoms with Crippen molar-refractivity contribution in [1.29, 1.82) is 0 Å². The molecule has 2 rings (SSSR count). The average molecular weight is 384 g/mol. The first-order valence-corrected chi connectivity index (χ1v) is 10.2. The van der Waals surface area contributed by atoms with Crippen LogP contribution < -0.4 is 15.8 Å². The van der Waals surface area contributed by atoms with Crippen LogP contribution in [-0.4, -0.2) is 39.6 Å². The first-order chi connectivity index (χ1) is 12.0. The lowest BCUT2D eigenvalue weighted by Crippen LogP contribution is -2.75. The van der Waals surface area contributed by atoms with Gasteiger partial charge in [-0.1, -0.05) is 26.0 Å². The van der Waals surface area contributed by atoms with E-state index in [9.17, 15) is 13.2 Å². The monoisotopic (exact) mass is 383 g/mol. The summed E-state index contributed by atoms with van der Waals surface area (Å²) in [5.41, 5.74) is 5.59. The fraction of sp³-hybridized carbons (Fsp3) is 0.611. The molecule has 0 heterocycles. The Bertz CT molecular complexity index is 778. The summed E-state index contributed by atoms with van der Waals surface area (Å²) < 4.78 is 31.9. The maximum atomic E-state index is 12.8. The Kier molecular flexibility index (Phi) is 5.82. The molecule has 7 nitrogen and oxygen atoms in total. The second kappa shape index (κ2) is 7.26. The van der Waals surface area contributed by atoms with Crippen LogP contribution in [0.1, 0.15) is 45.7 Å². The van der Waals surface area contributed by atoms with Crippen molar-refractivity contribution in [1.82, 2.24) is 10.0 Å². The largest absolute Gasteiger partial charge is 0.378 e. The first-order valence-electron chi connectivity index (χ1n) is 8.74. The van der Waals surface area contributed by atoms with Crippen LogP contribution in [0, 0.1) is 5.41 Å². The molecule has 1 fully saturated rings. The van der Waals surface area contributed by atoms with Crippen LogP contribution in [0.3, 0.4) is 0 Å². The Morgan fingerprint density at radius 2 is 2.08 bits per heavy atom. The molecule has 1 aromatic carbocycles. The van der Waals surface area contributed by atoms with Crippen molar-refractivity contribution < 1.29 is 17.9 Å². The van der Waals surface area contributed by atoms with Gasteiger partial charge < -0.3 is 15.8 Å². The summed E-state index contributed by atoms with van der Waals surface area (Å²) in [6.45, 7) is 8.16. The minimum Gasteiger partial charge on any atom is -0.378 e. The van der Waals surface area contributed by atoms with Crippen molar-refractivity contribution in [2.24, 2.45) is 11.1 Å². The molecule has 3 atom stereocenters. The molecule has 146 valence electrons. The van der Waals surface area contributed by atoms with E-state index < -0.39 is 21.0 Å². The van der Waals surface area contributed by atoms with Gasteiger partial charge in [0.25, 0.3) is 0 Å². The third-order valence-corrected chi connectivity index (χ3v) is 6.93. The smallest absolute Gasteiger partial charge is 0.241 e. The third kappa shape index (κ3) is 3.51. The summed E-state index contributed by atoms with van der Waals surface area (Å²) >= 11 is 0. The lowest BCUT2D eigenvalue weighted by Gasteiger charge is -2.57. The maximum absolute atomic E-state index is 12.8. The van der Waals surface area contributed by atoms with Gasteiger partial charge in [0.05, 0.1) is 17.0 Å². The van der Waals surface area contributed by atoms with Gasteiger partial charge in [-0.3, -0.25) is 4.79 Å². The molecule has 1 aromatic rings. The Morgan fingerprint density at radius 1 is 1.42 bits per heavy atom. The van der Waals surface area contributed by atoms with E-state index in [-0.39, 0.29) is 22.9 Å². The molecule has 1 amide bonds. The van der Waals surface area contributed by atoms with Crippen molar-refractivity contribution in [3.63, 3.8) is 0 Å². The number of nitrogens with two attached hydrogens (primary N) is 1. The predicted octanol–water partition coefficient (Wildman–Crippen LogP) is 1.30. The lowest BCUT2D eigenvalue weighted by molar-refractivity contribution is -0.171. The Hall–Kier alpha value is -1.48. The normalized spacial score (nSPS) is 26.0. The van der Waals surface area contributed by atoms with E-state index in [1.165, 1.54) is 13.1 Å². The number of hydrogen-bond donors (Lipinski definition) is 3. The Balaban J connectivity index is 2.15. The SMILES string of the molecule is CCOC1CC(N)(C(=O)NC(C)c2cccc(S(=O)(=O)NC)c2)C1(C)C. The highest BCUT2D eigenvalue weighted by molar-refractivity contribution is 7.89. The van der Waals surface area contributed by atoms with Gasteiger partial charge in [-0.2, -0.15) is 0 Å². The molecule has 0 saturated heterocycles.